The third-order valence-corrected chi connectivity index (χ3v) is 2.54. The van der Waals surface area contributed by atoms with Crippen LogP contribution in [0.2, 0.25) is 0 Å². The molecule has 0 radical (unpaired) electrons. The number of rotatable bonds is 2. The number of halogens is 3. The van der Waals surface area contributed by atoms with Gasteiger partial charge in [0.15, 0.2) is 0 Å². The van der Waals surface area contributed by atoms with Crippen LogP contribution in [0.15, 0.2) is 11.6 Å². The van der Waals surface area contributed by atoms with Crippen molar-refractivity contribution in [2.45, 2.75) is 25.1 Å². The van der Waals surface area contributed by atoms with Gasteiger partial charge in [-0.25, -0.2) is 0 Å². The van der Waals surface area contributed by atoms with E-state index in [1.165, 1.54) is 4.90 Å². The van der Waals surface area contributed by atoms with Gasteiger partial charge in [0.1, 0.15) is 0 Å². The Bertz CT molecular complexity index is 368. The lowest BCUT2D eigenvalue weighted by molar-refractivity contribution is -0.133. The lowest BCUT2D eigenvalue weighted by atomic mass is 10.1. The smallest absolute Gasteiger partial charge is 0.337 e. The fraction of sp³-hybridized carbons (Fsp3) is 0.545. The van der Waals surface area contributed by atoms with Gasteiger partial charge in [0.25, 0.3) is 0 Å². The van der Waals surface area contributed by atoms with Crippen LogP contribution in [0.25, 0.3) is 0 Å². The zero-order valence-corrected chi connectivity index (χ0v) is 9.13. The molecule has 0 aromatic carbocycles. The maximum Gasteiger partial charge on any atom is 0.412 e. The van der Waals surface area contributed by atoms with Gasteiger partial charge >= 0.3 is 6.18 Å². The highest BCUT2D eigenvalue weighted by Crippen LogP contribution is 2.30. The Balaban J connectivity index is 2.61. The van der Waals surface area contributed by atoms with E-state index in [1.807, 2.05) is 0 Å². The monoisotopic (exact) mass is 246 g/mol. The first kappa shape index (κ1) is 13.6. The summed E-state index contributed by atoms with van der Waals surface area (Å²) in [5.41, 5.74) is 4.91. The first-order valence-corrected chi connectivity index (χ1v) is 5.10. The summed E-state index contributed by atoms with van der Waals surface area (Å²) in [5.74, 6) is 1.85. The predicted molar refractivity (Wildman–Crippen MR) is 56.8 cm³/mol. The van der Waals surface area contributed by atoms with Crippen molar-refractivity contribution in [3.05, 3.63) is 11.6 Å². The first-order chi connectivity index (χ1) is 7.86. The Morgan fingerprint density at radius 1 is 1.65 bits per heavy atom. The molecule has 0 fully saturated rings. The molecule has 0 aromatic heterocycles. The molecule has 0 saturated heterocycles. The van der Waals surface area contributed by atoms with Crippen LogP contribution < -0.4 is 5.73 Å². The molecule has 17 heavy (non-hydrogen) atoms. The second kappa shape index (κ2) is 5.23. The van der Waals surface area contributed by atoms with E-state index in [1.54, 1.807) is 0 Å². The zero-order chi connectivity index (χ0) is 13.1. The molecule has 0 aromatic rings. The van der Waals surface area contributed by atoms with E-state index in [0.29, 0.717) is 0 Å². The molecule has 0 aliphatic carbocycles. The first-order valence-electron chi connectivity index (χ1n) is 5.10. The van der Waals surface area contributed by atoms with Gasteiger partial charge in [0.05, 0.1) is 6.04 Å². The van der Waals surface area contributed by atoms with Gasteiger partial charge in [-0.05, 0) is 6.42 Å². The number of nitrogens with zero attached hydrogens (tertiary/aromatic N) is 1. The van der Waals surface area contributed by atoms with Gasteiger partial charge in [0, 0.05) is 25.1 Å². The number of hydrogen-bond acceptors (Lipinski definition) is 2. The molecular weight excluding hydrogens is 233 g/mol. The number of alkyl halides is 3. The van der Waals surface area contributed by atoms with Crippen molar-refractivity contribution in [2.75, 3.05) is 13.1 Å². The third kappa shape index (κ3) is 3.49. The van der Waals surface area contributed by atoms with Crippen molar-refractivity contribution in [1.29, 1.82) is 0 Å². The molecule has 1 unspecified atom stereocenters. The highest BCUT2D eigenvalue weighted by atomic mass is 19.4. The molecule has 1 aliphatic heterocycles. The van der Waals surface area contributed by atoms with Crippen LogP contribution in [0, 0.1) is 12.3 Å². The van der Waals surface area contributed by atoms with Crippen molar-refractivity contribution in [2.24, 2.45) is 5.73 Å². The molecule has 3 nitrogen and oxygen atoms in total. The summed E-state index contributed by atoms with van der Waals surface area (Å²) in [5, 5.41) is 0. The summed E-state index contributed by atoms with van der Waals surface area (Å²) in [6.45, 7) is -0.0333. The van der Waals surface area contributed by atoms with E-state index in [9.17, 15) is 18.0 Å². The Morgan fingerprint density at radius 2 is 2.29 bits per heavy atom. The van der Waals surface area contributed by atoms with Crippen LogP contribution in [0.1, 0.15) is 12.8 Å². The van der Waals surface area contributed by atoms with E-state index in [0.717, 1.165) is 6.08 Å². The topological polar surface area (TPSA) is 46.3 Å². The summed E-state index contributed by atoms with van der Waals surface area (Å²) in [6, 6.07) is -0.833. The van der Waals surface area contributed by atoms with E-state index in [-0.39, 0.29) is 25.9 Å². The van der Waals surface area contributed by atoms with Crippen molar-refractivity contribution < 1.29 is 18.0 Å². The largest absolute Gasteiger partial charge is 0.412 e. The predicted octanol–water partition coefficient (Wildman–Crippen LogP) is 1.06. The molecule has 2 N–H and O–H groups in total. The van der Waals surface area contributed by atoms with Crippen molar-refractivity contribution in [1.82, 2.24) is 4.90 Å². The number of nitrogens with two attached hydrogens (primary N) is 1. The highest BCUT2D eigenvalue weighted by Gasteiger charge is 2.35. The zero-order valence-electron chi connectivity index (χ0n) is 9.13. The molecular formula is C11H13F3N2O. The van der Waals surface area contributed by atoms with Gasteiger partial charge in [0.2, 0.25) is 5.91 Å². The summed E-state index contributed by atoms with van der Waals surface area (Å²) in [4.78, 5) is 12.9. The average molecular weight is 246 g/mol. The van der Waals surface area contributed by atoms with Crippen LogP contribution >= 0.6 is 0 Å². The Labute approximate surface area is 97.5 Å². The molecule has 0 bridgehead atoms. The molecule has 1 amide bonds. The summed E-state index contributed by atoms with van der Waals surface area (Å²) < 4.78 is 37.0. The quantitative estimate of drug-likeness (QED) is 0.585. The maximum absolute atomic E-state index is 12.3. The van der Waals surface area contributed by atoms with Crippen LogP contribution in [0.3, 0.4) is 0 Å². The fourth-order valence-electron chi connectivity index (χ4n) is 1.58. The minimum Gasteiger partial charge on any atom is -0.337 e. The minimum absolute atomic E-state index is 0.0302. The molecule has 0 spiro atoms. The van der Waals surface area contributed by atoms with E-state index in [2.05, 4.69) is 5.92 Å². The maximum atomic E-state index is 12.3. The Hall–Kier alpha value is -1.48. The fourth-order valence-corrected chi connectivity index (χ4v) is 1.58. The van der Waals surface area contributed by atoms with E-state index in [4.69, 9.17) is 12.2 Å². The Kier molecular flexibility index (Phi) is 4.18. The lowest BCUT2D eigenvalue weighted by Gasteiger charge is -2.28. The normalized spacial score (nSPS) is 18.3. The average Bonchev–Trinajstić information content (AvgIpc) is 2.27. The Morgan fingerprint density at radius 3 is 2.71 bits per heavy atom. The van der Waals surface area contributed by atoms with Gasteiger partial charge in [-0.3, -0.25) is 4.79 Å². The van der Waals surface area contributed by atoms with E-state index < -0.39 is 23.7 Å². The molecule has 6 heteroatoms. The number of amides is 1. The summed E-state index contributed by atoms with van der Waals surface area (Å²) in [7, 11) is 0. The summed E-state index contributed by atoms with van der Waals surface area (Å²) >= 11 is 0. The van der Waals surface area contributed by atoms with Crippen molar-refractivity contribution in [3.63, 3.8) is 0 Å². The van der Waals surface area contributed by atoms with Crippen LogP contribution in [-0.2, 0) is 4.79 Å². The molecule has 1 rings (SSSR count). The SMILES string of the molecule is C#CCC(N)C(=O)N1CC=C(C(F)(F)F)CC1. The van der Waals surface area contributed by atoms with Crippen molar-refractivity contribution >= 4 is 5.91 Å². The lowest BCUT2D eigenvalue weighted by Crippen LogP contribution is -2.46. The molecule has 1 heterocycles. The number of terminal acetylenes is 1. The minimum atomic E-state index is -4.31. The summed E-state index contributed by atoms with van der Waals surface area (Å²) in [6.07, 6.45) is 1.61. The number of carbonyl (C=O) groups excluding carboxylic acids is 1. The molecule has 94 valence electrons. The van der Waals surface area contributed by atoms with Crippen LogP contribution in [0.5, 0.6) is 0 Å². The second-order valence-corrected chi connectivity index (χ2v) is 3.78. The highest BCUT2D eigenvalue weighted by molar-refractivity contribution is 5.82. The number of carbonyl (C=O) groups is 1. The van der Waals surface area contributed by atoms with Gasteiger partial charge in [-0.2, -0.15) is 13.2 Å². The third-order valence-electron chi connectivity index (χ3n) is 2.54. The van der Waals surface area contributed by atoms with E-state index >= 15 is 0 Å². The molecule has 1 aliphatic rings. The standard InChI is InChI=1S/C11H13F3N2O/c1-2-3-9(15)10(17)16-6-4-8(5-7-16)11(12,13)14/h1,4,9H,3,5-7,15H2. The van der Waals surface area contributed by atoms with Gasteiger partial charge in [-0.15, -0.1) is 12.3 Å². The van der Waals surface area contributed by atoms with Gasteiger partial charge < -0.3 is 10.6 Å². The second-order valence-electron chi connectivity index (χ2n) is 3.78. The molecule has 0 saturated carbocycles. The van der Waals surface area contributed by atoms with Crippen LogP contribution in [-0.4, -0.2) is 36.1 Å². The number of hydrogen-bond donors (Lipinski definition) is 1. The van der Waals surface area contributed by atoms with Gasteiger partial charge in [-0.1, -0.05) is 6.08 Å². The van der Waals surface area contributed by atoms with Crippen LogP contribution in [0.4, 0.5) is 13.2 Å². The molecule has 1 atom stereocenters. The van der Waals surface area contributed by atoms with Crippen molar-refractivity contribution in [3.8, 4) is 12.3 Å².